The van der Waals surface area contributed by atoms with Gasteiger partial charge < -0.3 is 6.13 Å². The van der Waals surface area contributed by atoms with Gasteiger partial charge in [-0.25, -0.2) is 0 Å². The zero-order valence-corrected chi connectivity index (χ0v) is 9.75. The summed E-state index contributed by atoms with van der Waals surface area (Å²) in [6.45, 7) is 4.89. The average molecular weight is 356 g/mol. The molecule has 0 aromatic rings. The highest BCUT2D eigenvalue weighted by Gasteiger charge is 2.11. The molecular formula is C5H10I2O2. The average Bonchev–Trinajstić information content (AvgIpc) is 1.82. The van der Waals surface area contributed by atoms with Gasteiger partial charge in [-0.2, -0.15) is 0 Å². The molecule has 0 spiro atoms. The first-order chi connectivity index (χ1) is 4.22. The van der Waals surface area contributed by atoms with Gasteiger partial charge in [-0.1, -0.05) is 13.8 Å². The van der Waals surface area contributed by atoms with Crippen LogP contribution >= 0.6 is 46.0 Å². The van der Waals surface area contributed by atoms with Crippen LogP contribution in [-0.4, -0.2) is 12.7 Å². The maximum Gasteiger partial charge on any atom is 0.110 e. The maximum absolute atomic E-state index is 5.09. The molecule has 0 rings (SSSR count). The summed E-state index contributed by atoms with van der Waals surface area (Å²) < 4.78 is 9.99. The monoisotopic (exact) mass is 356 g/mol. The molecule has 0 saturated carbocycles. The fourth-order valence-corrected chi connectivity index (χ4v) is 1.47. The molecule has 2 nitrogen and oxygen atoms in total. The summed E-state index contributed by atoms with van der Waals surface area (Å²) in [5, 5.41) is 0. The molecule has 0 saturated heterocycles. The second-order valence-corrected chi connectivity index (χ2v) is 3.28. The van der Waals surface area contributed by atoms with Gasteiger partial charge in [-0.3, -0.25) is 0 Å². The van der Waals surface area contributed by atoms with Crippen molar-refractivity contribution in [3.8, 4) is 0 Å². The summed E-state index contributed by atoms with van der Waals surface area (Å²) in [7, 11) is 0. The van der Waals surface area contributed by atoms with E-state index in [4.69, 9.17) is 6.13 Å². The van der Waals surface area contributed by atoms with Gasteiger partial charge in [0.1, 0.15) is 46.0 Å². The minimum atomic E-state index is 0.225. The van der Waals surface area contributed by atoms with Crippen LogP contribution in [0, 0.1) is 5.92 Å². The van der Waals surface area contributed by atoms with Gasteiger partial charge in [0, 0.05) is 0 Å². The topological polar surface area (TPSA) is 18.5 Å². The van der Waals surface area contributed by atoms with Crippen molar-refractivity contribution in [2.45, 2.75) is 20.0 Å². The Kier molecular flexibility index (Phi) is 7.05. The first-order valence-corrected chi connectivity index (χ1v) is 4.49. The lowest BCUT2D eigenvalue weighted by atomic mass is 10.1. The van der Waals surface area contributed by atoms with E-state index in [9.17, 15) is 0 Å². The van der Waals surface area contributed by atoms with Crippen LogP contribution in [0.25, 0.3) is 0 Å². The molecule has 0 aliphatic carbocycles. The summed E-state index contributed by atoms with van der Waals surface area (Å²) in [5.41, 5.74) is 0. The van der Waals surface area contributed by atoms with E-state index >= 15 is 0 Å². The number of rotatable bonds is 4. The first kappa shape index (κ1) is 10.4. The van der Waals surface area contributed by atoms with E-state index in [-0.39, 0.29) is 6.10 Å². The molecule has 0 bridgehead atoms. The summed E-state index contributed by atoms with van der Waals surface area (Å²) in [6, 6.07) is 0. The predicted octanol–water partition coefficient (Wildman–Crippen LogP) is 2.74. The zero-order valence-electron chi connectivity index (χ0n) is 5.43. The van der Waals surface area contributed by atoms with Gasteiger partial charge >= 0.3 is 0 Å². The van der Waals surface area contributed by atoms with Gasteiger partial charge in [-0.15, -0.1) is 0 Å². The van der Waals surface area contributed by atoms with Crippen molar-refractivity contribution in [2.75, 3.05) is 6.61 Å². The fourth-order valence-electron chi connectivity index (χ4n) is 0.383. The van der Waals surface area contributed by atoms with Gasteiger partial charge in [0.2, 0.25) is 0 Å². The molecule has 56 valence electrons. The molecule has 0 aliphatic heterocycles. The Morgan fingerprint density at radius 1 is 1.33 bits per heavy atom. The Balaban J connectivity index is 3.41. The van der Waals surface area contributed by atoms with Crippen molar-refractivity contribution >= 4 is 46.0 Å². The van der Waals surface area contributed by atoms with Gasteiger partial charge in [0.25, 0.3) is 0 Å². The minimum Gasteiger partial charge on any atom is -0.313 e. The number of hydrogen-bond acceptors (Lipinski definition) is 2. The van der Waals surface area contributed by atoms with Gasteiger partial charge in [0.05, 0.1) is 12.7 Å². The van der Waals surface area contributed by atoms with E-state index in [1.54, 1.807) is 0 Å². The second-order valence-electron chi connectivity index (χ2n) is 2.15. The lowest BCUT2D eigenvalue weighted by Crippen LogP contribution is -2.20. The van der Waals surface area contributed by atoms with Crippen molar-refractivity contribution in [2.24, 2.45) is 5.92 Å². The summed E-state index contributed by atoms with van der Waals surface area (Å²) in [4.78, 5) is 0. The molecule has 0 aliphatic rings. The van der Waals surface area contributed by atoms with Gasteiger partial charge in [0.15, 0.2) is 0 Å². The fraction of sp³-hybridized carbons (Fsp3) is 1.00. The number of hydrogen-bond donors (Lipinski definition) is 0. The van der Waals surface area contributed by atoms with E-state index in [1.165, 1.54) is 0 Å². The molecule has 0 fully saturated rings. The van der Waals surface area contributed by atoms with E-state index in [1.807, 2.05) is 46.0 Å². The van der Waals surface area contributed by atoms with Crippen molar-refractivity contribution in [1.82, 2.24) is 0 Å². The molecule has 9 heavy (non-hydrogen) atoms. The SMILES string of the molecule is CC(C)C(COI)OI. The van der Waals surface area contributed by atoms with Crippen LogP contribution in [-0.2, 0) is 6.13 Å². The van der Waals surface area contributed by atoms with Crippen LogP contribution < -0.4 is 0 Å². The third-order valence-electron chi connectivity index (χ3n) is 1.09. The molecule has 4 heteroatoms. The largest absolute Gasteiger partial charge is 0.313 e. The highest BCUT2D eigenvalue weighted by Crippen LogP contribution is 2.11. The smallest absolute Gasteiger partial charge is 0.110 e. The molecule has 0 amide bonds. The molecular weight excluding hydrogens is 346 g/mol. The van der Waals surface area contributed by atoms with Crippen molar-refractivity contribution < 1.29 is 6.13 Å². The van der Waals surface area contributed by atoms with Crippen LogP contribution in [0.3, 0.4) is 0 Å². The first-order valence-electron chi connectivity index (χ1n) is 2.73. The lowest BCUT2D eigenvalue weighted by molar-refractivity contribution is 0.158. The van der Waals surface area contributed by atoms with E-state index < -0.39 is 0 Å². The number of halogens is 2. The highest BCUT2D eigenvalue weighted by molar-refractivity contribution is 14.1. The predicted molar refractivity (Wildman–Crippen MR) is 53.7 cm³/mol. The Morgan fingerprint density at radius 2 is 1.89 bits per heavy atom. The Hall–Kier alpha value is 1.38. The van der Waals surface area contributed by atoms with Crippen LogP contribution in [0.4, 0.5) is 0 Å². The molecule has 1 atom stereocenters. The van der Waals surface area contributed by atoms with E-state index in [0.29, 0.717) is 12.5 Å². The normalized spacial score (nSPS) is 14.3. The zero-order chi connectivity index (χ0) is 7.28. The van der Waals surface area contributed by atoms with Crippen LogP contribution in [0.1, 0.15) is 13.8 Å². The molecule has 0 heterocycles. The van der Waals surface area contributed by atoms with Crippen molar-refractivity contribution in [3.63, 3.8) is 0 Å². The summed E-state index contributed by atoms with van der Waals surface area (Å²) in [6.07, 6.45) is 0.225. The van der Waals surface area contributed by atoms with Crippen LogP contribution in [0.5, 0.6) is 0 Å². The van der Waals surface area contributed by atoms with Crippen molar-refractivity contribution in [1.29, 1.82) is 0 Å². The second kappa shape index (κ2) is 6.11. The molecule has 0 aromatic heterocycles. The molecule has 0 aromatic carbocycles. The Bertz CT molecular complexity index is 68.0. The Labute approximate surface area is 84.1 Å². The quantitative estimate of drug-likeness (QED) is 0.722. The summed E-state index contributed by atoms with van der Waals surface area (Å²) >= 11 is 3.78. The molecule has 0 radical (unpaired) electrons. The van der Waals surface area contributed by atoms with E-state index in [2.05, 4.69) is 13.8 Å². The molecule has 1 unspecified atom stereocenters. The minimum absolute atomic E-state index is 0.225. The van der Waals surface area contributed by atoms with Crippen molar-refractivity contribution in [3.05, 3.63) is 0 Å². The van der Waals surface area contributed by atoms with Gasteiger partial charge in [-0.05, 0) is 5.92 Å². The maximum atomic E-state index is 5.09. The third-order valence-corrected chi connectivity index (χ3v) is 2.10. The molecule has 0 N–H and O–H groups in total. The Morgan fingerprint density at radius 3 is 2.00 bits per heavy atom. The summed E-state index contributed by atoms with van der Waals surface area (Å²) in [5.74, 6) is 0.525. The standard InChI is InChI=1S/C5H10I2O2/c1-4(2)5(9-7)3-8-6/h4-5H,3H2,1-2H3. The lowest BCUT2D eigenvalue weighted by Gasteiger charge is -2.14. The van der Waals surface area contributed by atoms with E-state index in [0.717, 1.165) is 0 Å². The van der Waals surface area contributed by atoms with Crippen LogP contribution in [0.2, 0.25) is 0 Å². The van der Waals surface area contributed by atoms with Crippen LogP contribution in [0.15, 0.2) is 0 Å². The highest BCUT2D eigenvalue weighted by atomic mass is 127. The third kappa shape index (κ3) is 4.74.